The topological polar surface area (TPSA) is 46.3 Å². The zero-order chi connectivity index (χ0) is 13.7. The molecule has 0 heterocycles. The molecule has 0 fully saturated rings. The molecule has 0 saturated carbocycles. The predicted molar refractivity (Wildman–Crippen MR) is 78.2 cm³/mol. The monoisotopic (exact) mass is 248 g/mol. The van der Waals surface area contributed by atoms with Crippen LogP contribution in [0, 0.1) is 5.92 Å². The van der Waals surface area contributed by atoms with E-state index in [0.717, 1.165) is 25.2 Å². The Bertz CT molecular complexity index is 415. The lowest BCUT2D eigenvalue weighted by Crippen LogP contribution is -2.28. The first-order valence-corrected chi connectivity index (χ1v) is 6.64. The molecule has 0 aliphatic rings. The number of benzene rings is 1. The minimum absolute atomic E-state index is 0.0222. The van der Waals surface area contributed by atoms with Crippen molar-refractivity contribution in [3.63, 3.8) is 0 Å². The molecule has 1 unspecified atom stereocenters. The van der Waals surface area contributed by atoms with Crippen LogP contribution in [0.2, 0.25) is 0 Å². The Kier molecular flexibility index (Phi) is 5.20. The number of anilines is 2. The van der Waals surface area contributed by atoms with Gasteiger partial charge in [0.15, 0.2) is 5.78 Å². The number of carbonyl (C=O) groups is 1. The minimum atomic E-state index is 0.0222. The number of nitrogens with zero attached hydrogens (tertiary/aromatic N) is 1. The van der Waals surface area contributed by atoms with Crippen LogP contribution in [0.5, 0.6) is 0 Å². The van der Waals surface area contributed by atoms with Gasteiger partial charge >= 0.3 is 0 Å². The molecule has 1 aromatic carbocycles. The Balaban J connectivity index is 2.99. The Morgan fingerprint density at radius 3 is 2.56 bits per heavy atom. The number of nitrogens with two attached hydrogens (primary N) is 1. The zero-order valence-electron chi connectivity index (χ0n) is 11.9. The van der Waals surface area contributed by atoms with Crippen LogP contribution in [0.4, 0.5) is 11.4 Å². The molecule has 0 aliphatic heterocycles. The molecule has 100 valence electrons. The Morgan fingerprint density at radius 2 is 2.06 bits per heavy atom. The highest BCUT2D eigenvalue weighted by atomic mass is 16.1. The second-order valence-electron chi connectivity index (χ2n) is 4.88. The van der Waals surface area contributed by atoms with Gasteiger partial charge in [-0.25, -0.2) is 0 Å². The van der Waals surface area contributed by atoms with Gasteiger partial charge in [-0.15, -0.1) is 0 Å². The summed E-state index contributed by atoms with van der Waals surface area (Å²) in [5, 5.41) is 0. The molecule has 3 nitrogen and oxygen atoms in total. The second kappa shape index (κ2) is 6.43. The third kappa shape index (κ3) is 3.49. The third-order valence-electron chi connectivity index (χ3n) is 3.39. The number of hydrogen-bond acceptors (Lipinski definition) is 3. The normalized spacial score (nSPS) is 12.2. The molecule has 1 atom stereocenters. The highest BCUT2D eigenvalue weighted by Gasteiger charge is 2.12. The zero-order valence-corrected chi connectivity index (χ0v) is 11.9. The summed E-state index contributed by atoms with van der Waals surface area (Å²) in [5.41, 5.74) is 8.08. The van der Waals surface area contributed by atoms with Crippen LogP contribution >= 0.6 is 0 Å². The van der Waals surface area contributed by atoms with Crippen LogP contribution in [-0.4, -0.2) is 18.9 Å². The van der Waals surface area contributed by atoms with E-state index in [2.05, 4.69) is 25.7 Å². The van der Waals surface area contributed by atoms with Crippen molar-refractivity contribution >= 4 is 17.2 Å². The van der Waals surface area contributed by atoms with Crippen LogP contribution in [0.3, 0.4) is 0 Å². The lowest BCUT2D eigenvalue weighted by atomic mass is 10.1. The number of rotatable bonds is 6. The molecular weight excluding hydrogens is 224 g/mol. The van der Waals surface area contributed by atoms with Crippen LogP contribution < -0.4 is 10.6 Å². The van der Waals surface area contributed by atoms with Gasteiger partial charge in [0.25, 0.3) is 0 Å². The van der Waals surface area contributed by atoms with Crippen molar-refractivity contribution < 1.29 is 4.79 Å². The second-order valence-corrected chi connectivity index (χ2v) is 4.88. The summed E-state index contributed by atoms with van der Waals surface area (Å²) < 4.78 is 0. The molecule has 3 heteroatoms. The number of carbonyl (C=O) groups excluding carboxylic acids is 1. The van der Waals surface area contributed by atoms with Crippen LogP contribution in [-0.2, 0) is 0 Å². The van der Waals surface area contributed by atoms with Crippen molar-refractivity contribution in [2.24, 2.45) is 5.92 Å². The summed E-state index contributed by atoms with van der Waals surface area (Å²) in [4.78, 5) is 13.8. The maximum atomic E-state index is 11.5. The third-order valence-corrected chi connectivity index (χ3v) is 3.39. The number of nitrogen functional groups attached to an aromatic ring is 1. The van der Waals surface area contributed by atoms with Crippen LogP contribution in [0.25, 0.3) is 0 Å². The van der Waals surface area contributed by atoms with Gasteiger partial charge in [-0.3, -0.25) is 4.79 Å². The van der Waals surface area contributed by atoms with Crippen LogP contribution in [0.15, 0.2) is 18.2 Å². The summed E-state index contributed by atoms with van der Waals surface area (Å²) in [5.74, 6) is 0.664. The Hall–Kier alpha value is -1.51. The van der Waals surface area contributed by atoms with Gasteiger partial charge in [0.2, 0.25) is 0 Å². The molecule has 0 aliphatic carbocycles. The van der Waals surface area contributed by atoms with Gasteiger partial charge < -0.3 is 10.6 Å². The molecule has 2 N–H and O–H groups in total. The van der Waals surface area contributed by atoms with Crippen molar-refractivity contribution in [2.75, 3.05) is 23.7 Å². The maximum absolute atomic E-state index is 11.5. The first-order valence-electron chi connectivity index (χ1n) is 6.64. The fourth-order valence-corrected chi connectivity index (χ4v) is 1.97. The average molecular weight is 248 g/mol. The molecule has 0 spiro atoms. The van der Waals surface area contributed by atoms with Crippen molar-refractivity contribution in [3.05, 3.63) is 23.8 Å². The van der Waals surface area contributed by atoms with Gasteiger partial charge in [-0.05, 0) is 38.0 Å². The van der Waals surface area contributed by atoms with Crippen molar-refractivity contribution in [3.8, 4) is 0 Å². The molecule has 0 saturated heterocycles. The van der Waals surface area contributed by atoms with Gasteiger partial charge in [-0.2, -0.15) is 0 Å². The maximum Gasteiger partial charge on any atom is 0.161 e. The number of ketones is 1. The van der Waals surface area contributed by atoms with E-state index in [1.807, 2.05) is 18.2 Å². The van der Waals surface area contributed by atoms with Gasteiger partial charge in [0.1, 0.15) is 0 Å². The highest BCUT2D eigenvalue weighted by Crippen LogP contribution is 2.23. The lowest BCUT2D eigenvalue weighted by molar-refractivity contribution is 0.101. The Morgan fingerprint density at radius 1 is 1.39 bits per heavy atom. The van der Waals surface area contributed by atoms with Gasteiger partial charge in [0.05, 0.1) is 0 Å². The van der Waals surface area contributed by atoms with E-state index in [0.29, 0.717) is 17.2 Å². The average Bonchev–Trinajstić information content (AvgIpc) is 2.36. The van der Waals surface area contributed by atoms with Gasteiger partial charge in [0, 0.05) is 30.0 Å². The van der Waals surface area contributed by atoms with Gasteiger partial charge in [-0.1, -0.05) is 20.3 Å². The summed E-state index contributed by atoms with van der Waals surface area (Å²) >= 11 is 0. The van der Waals surface area contributed by atoms with E-state index >= 15 is 0 Å². The summed E-state index contributed by atoms with van der Waals surface area (Å²) in [7, 11) is 0. The lowest BCUT2D eigenvalue weighted by Gasteiger charge is -2.26. The van der Waals surface area contributed by atoms with Crippen molar-refractivity contribution in [1.82, 2.24) is 0 Å². The molecule has 0 amide bonds. The fraction of sp³-hybridized carbons (Fsp3) is 0.533. The standard InChI is InChI=1S/C15H24N2O/c1-5-11(3)10-17(6-2)13-7-8-15(16)14(9-13)12(4)18/h7-9,11H,5-6,10,16H2,1-4H3. The predicted octanol–water partition coefficient (Wildman–Crippen LogP) is 3.34. The SMILES string of the molecule is CCC(C)CN(CC)c1ccc(N)c(C(C)=O)c1. The van der Waals surface area contributed by atoms with E-state index in [1.165, 1.54) is 0 Å². The molecule has 0 bridgehead atoms. The highest BCUT2D eigenvalue weighted by molar-refractivity contribution is 6.00. The fourth-order valence-electron chi connectivity index (χ4n) is 1.97. The molecule has 1 rings (SSSR count). The van der Waals surface area contributed by atoms with Crippen molar-refractivity contribution in [1.29, 1.82) is 0 Å². The first-order chi connectivity index (χ1) is 8.49. The molecular formula is C15H24N2O. The van der Waals surface area contributed by atoms with E-state index in [-0.39, 0.29) is 5.78 Å². The largest absolute Gasteiger partial charge is 0.398 e. The summed E-state index contributed by atoms with van der Waals surface area (Å²) in [6, 6.07) is 5.72. The Labute approximate surface area is 110 Å². The summed E-state index contributed by atoms with van der Waals surface area (Å²) in [6.07, 6.45) is 1.16. The molecule has 0 radical (unpaired) electrons. The summed E-state index contributed by atoms with van der Waals surface area (Å²) in [6.45, 7) is 10.1. The molecule has 1 aromatic rings. The smallest absolute Gasteiger partial charge is 0.161 e. The van der Waals surface area contributed by atoms with E-state index in [4.69, 9.17) is 5.73 Å². The van der Waals surface area contributed by atoms with Crippen LogP contribution in [0.1, 0.15) is 44.5 Å². The number of hydrogen-bond donors (Lipinski definition) is 1. The quantitative estimate of drug-likeness (QED) is 0.620. The minimum Gasteiger partial charge on any atom is -0.398 e. The van der Waals surface area contributed by atoms with Crippen molar-refractivity contribution in [2.45, 2.75) is 34.1 Å². The van der Waals surface area contributed by atoms with E-state index in [9.17, 15) is 4.79 Å². The number of Topliss-reactive ketones (excluding diaryl/α,β-unsaturated/α-hetero) is 1. The molecule has 18 heavy (non-hydrogen) atoms. The van der Waals surface area contributed by atoms with E-state index < -0.39 is 0 Å². The van der Waals surface area contributed by atoms with E-state index in [1.54, 1.807) is 6.92 Å². The first kappa shape index (κ1) is 14.6. The molecule has 0 aromatic heterocycles.